The van der Waals surface area contributed by atoms with Gasteiger partial charge in [0.2, 0.25) is 17.8 Å². The van der Waals surface area contributed by atoms with Gasteiger partial charge in [-0.05, 0) is 30.9 Å². The zero-order valence-corrected chi connectivity index (χ0v) is 18.4. The molecule has 170 valence electrons. The summed E-state index contributed by atoms with van der Waals surface area (Å²) in [6, 6.07) is 4.98. The molecule has 2 aliphatic rings. The van der Waals surface area contributed by atoms with E-state index < -0.39 is 17.4 Å². The Labute approximate surface area is 185 Å². The van der Waals surface area contributed by atoms with E-state index in [9.17, 15) is 14.4 Å². The molecule has 1 aromatic carbocycles. The van der Waals surface area contributed by atoms with E-state index in [1.54, 1.807) is 18.2 Å². The molecule has 10 nitrogen and oxygen atoms in total. The second-order valence-corrected chi connectivity index (χ2v) is 8.21. The number of rotatable bonds is 5. The first-order chi connectivity index (χ1) is 15.4. The number of amides is 2. The molecule has 0 bridgehead atoms. The van der Waals surface area contributed by atoms with E-state index in [0.29, 0.717) is 29.1 Å². The Morgan fingerprint density at radius 1 is 1.25 bits per heavy atom. The molecule has 2 aromatic rings. The van der Waals surface area contributed by atoms with Crippen molar-refractivity contribution in [1.82, 2.24) is 9.97 Å². The number of aromatic nitrogens is 2. The molecule has 0 saturated carbocycles. The number of ether oxygens (including phenoxy) is 2. The lowest BCUT2D eigenvalue weighted by Gasteiger charge is -2.32. The quantitative estimate of drug-likeness (QED) is 0.649. The maximum atomic E-state index is 13.1. The molecule has 3 heterocycles. The standard InChI is InChI=1S/C22H27N5O5/c1-12-5-4-8-27(11-12)22-25-19-18(21(30)26-22)14(10-17(28)24-19)20(29)23-15-9-13(31-2)6-7-16(15)32-3/h6-7,9,12,14H,4-5,8,10-11H2,1-3H3,(H,23,29)(H2,24,25,26,28,30)/t12-,14-/m1/s1. The van der Waals surface area contributed by atoms with Crippen LogP contribution in [0.4, 0.5) is 17.5 Å². The summed E-state index contributed by atoms with van der Waals surface area (Å²) in [5.74, 6) is 0.137. The highest BCUT2D eigenvalue weighted by atomic mass is 16.5. The van der Waals surface area contributed by atoms with Crippen molar-refractivity contribution in [1.29, 1.82) is 0 Å². The predicted octanol–water partition coefficient (Wildman–Crippen LogP) is 2.09. The van der Waals surface area contributed by atoms with Gasteiger partial charge in [-0.3, -0.25) is 19.4 Å². The number of piperidine rings is 1. The highest BCUT2D eigenvalue weighted by Crippen LogP contribution is 2.33. The number of hydrogen-bond acceptors (Lipinski definition) is 7. The second kappa shape index (κ2) is 8.89. The molecule has 0 aliphatic carbocycles. The smallest absolute Gasteiger partial charge is 0.258 e. The highest BCUT2D eigenvalue weighted by Gasteiger charge is 2.35. The SMILES string of the molecule is COc1ccc(OC)c(NC(=O)[C@@H]2CC(=O)Nc3nc(N4CCC[C@@H](C)C4)[nH]c(=O)c32)c1. The minimum absolute atomic E-state index is 0.135. The third kappa shape index (κ3) is 4.25. The summed E-state index contributed by atoms with van der Waals surface area (Å²) in [6.07, 6.45) is 1.97. The first-order valence-electron chi connectivity index (χ1n) is 10.6. The normalized spacial score (nSPS) is 20.2. The lowest BCUT2D eigenvalue weighted by Crippen LogP contribution is -2.40. The number of H-pyrrole nitrogens is 1. The molecule has 3 N–H and O–H groups in total. The number of carbonyl (C=O) groups excluding carboxylic acids is 2. The molecule has 1 saturated heterocycles. The third-order valence-corrected chi connectivity index (χ3v) is 5.88. The van der Waals surface area contributed by atoms with Crippen molar-refractivity contribution in [3.8, 4) is 11.5 Å². The lowest BCUT2D eigenvalue weighted by atomic mass is 9.92. The summed E-state index contributed by atoms with van der Waals surface area (Å²) in [4.78, 5) is 47.8. The van der Waals surface area contributed by atoms with Crippen LogP contribution in [0.15, 0.2) is 23.0 Å². The fraction of sp³-hybridized carbons (Fsp3) is 0.455. The zero-order valence-electron chi connectivity index (χ0n) is 18.4. The van der Waals surface area contributed by atoms with Gasteiger partial charge in [0.1, 0.15) is 17.3 Å². The number of carbonyl (C=O) groups is 2. The summed E-state index contributed by atoms with van der Waals surface area (Å²) in [5, 5.41) is 5.42. The minimum Gasteiger partial charge on any atom is -0.497 e. The van der Waals surface area contributed by atoms with Gasteiger partial charge in [-0.15, -0.1) is 0 Å². The number of benzene rings is 1. The van der Waals surface area contributed by atoms with Gasteiger partial charge in [-0.1, -0.05) is 6.92 Å². The molecule has 1 fully saturated rings. The van der Waals surface area contributed by atoms with E-state index in [4.69, 9.17) is 9.47 Å². The van der Waals surface area contributed by atoms with Crippen molar-refractivity contribution < 1.29 is 19.1 Å². The summed E-state index contributed by atoms with van der Waals surface area (Å²) in [6.45, 7) is 3.70. The fourth-order valence-electron chi connectivity index (χ4n) is 4.25. The monoisotopic (exact) mass is 441 g/mol. The molecular weight excluding hydrogens is 414 g/mol. The molecule has 1 aromatic heterocycles. The Hall–Kier alpha value is -3.56. The zero-order chi connectivity index (χ0) is 22.8. The lowest BCUT2D eigenvalue weighted by molar-refractivity contribution is -0.123. The van der Waals surface area contributed by atoms with Gasteiger partial charge in [-0.25, -0.2) is 0 Å². The maximum Gasteiger partial charge on any atom is 0.258 e. The van der Waals surface area contributed by atoms with E-state index >= 15 is 0 Å². The van der Waals surface area contributed by atoms with Gasteiger partial charge < -0.3 is 25.0 Å². The first-order valence-corrected chi connectivity index (χ1v) is 10.6. The van der Waals surface area contributed by atoms with Crippen LogP contribution < -0.4 is 30.6 Å². The molecule has 0 unspecified atom stereocenters. The van der Waals surface area contributed by atoms with E-state index in [1.807, 2.05) is 4.90 Å². The number of anilines is 3. The largest absolute Gasteiger partial charge is 0.497 e. The van der Waals surface area contributed by atoms with E-state index in [1.165, 1.54) is 14.2 Å². The fourth-order valence-corrected chi connectivity index (χ4v) is 4.25. The van der Waals surface area contributed by atoms with Gasteiger partial charge in [0, 0.05) is 25.6 Å². The molecule has 2 amide bonds. The topological polar surface area (TPSA) is 126 Å². The molecular formula is C22H27N5O5. The van der Waals surface area contributed by atoms with Crippen LogP contribution in [-0.2, 0) is 9.59 Å². The summed E-state index contributed by atoms with van der Waals surface area (Å²) < 4.78 is 10.5. The van der Waals surface area contributed by atoms with Crippen molar-refractivity contribution in [2.45, 2.75) is 32.1 Å². The molecule has 2 atom stereocenters. The van der Waals surface area contributed by atoms with E-state index in [0.717, 1.165) is 25.9 Å². The Bertz CT molecular complexity index is 1100. The molecule has 0 radical (unpaired) electrons. The van der Waals surface area contributed by atoms with Gasteiger partial charge in [0.25, 0.3) is 5.56 Å². The average molecular weight is 441 g/mol. The van der Waals surface area contributed by atoms with Crippen molar-refractivity contribution in [3.63, 3.8) is 0 Å². The number of fused-ring (bicyclic) bond motifs is 1. The maximum absolute atomic E-state index is 13.1. The van der Waals surface area contributed by atoms with E-state index in [-0.39, 0.29) is 23.7 Å². The summed E-state index contributed by atoms with van der Waals surface area (Å²) in [5.41, 5.74) is 0.103. The molecule has 32 heavy (non-hydrogen) atoms. The Kier molecular flexibility index (Phi) is 6.02. The average Bonchev–Trinajstić information content (AvgIpc) is 2.78. The van der Waals surface area contributed by atoms with E-state index in [2.05, 4.69) is 27.5 Å². The number of hydrogen-bond donors (Lipinski definition) is 3. The van der Waals surface area contributed by atoms with Gasteiger partial charge >= 0.3 is 0 Å². The first kappa shape index (κ1) is 21.7. The van der Waals surface area contributed by atoms with Gasteiger partial charge in [-0.2, -0.15) is 4.98 Å². The Morgan fingerprint density at radius 3 is 2.78 bits per heavy atom. The minimum atomic E-state index is -0.986. The van der Waals surface area contributed by atoms with Gasteiger partial charge in [0.15, 0.2) is 0 Å². The molecule has 0 spiro atoms. The summed E-state index contributed by atoms with van der Waals surface area (Å²) >= 11 is 0. The van der Waals surface area contributed by atoms with Crippen LogP contribution in [0.1, 0.15) is 37.7 Å². The molecule has 10 heteroatoms. The third-order valence-electron chi connectivity index (χ3n) is 5.88. The second-order valence-electron chi connectivity index (χ2n) is 8.21. The van der Waals surface area contributed by atoms with Crippen LogP contribution in [0.3, 0.4) is 0 Å². The Balaban J connectivity index is 1.65. The number of methoxy groups -OCH3 is 2. The highest BCUT2D eigenvalue weighted by molar-refractivity contribution is 6.05. The predicted molar refractivity (Wildman–Crippen MR) is 120 cm³/mol. The van der Waals surface area contributed by atoms with Crippen LogP contribution in [0.5, 0.6) is 11.5 Å². The van der Waals surface area contributed by atoms with Crippen LogP contribution in [0, 0.1) is 5.92 Å². The number of aromatic amines is 1. The van der Waals surface area contributed by atoms with Crippen LogP contribution in [-0.4, -0.2) is 49.1 Å². The van der Waals surface area contributed by atoms with Gasteiger partial charge in [0.05, 0.1) is 31.4 Å². The number of nitrogens with zero attached hydrogens (tertiary/aromatic N) is 2. The van der Waals surface area contributed by atoms with Crippen LogP contribution >= 0.6 is 0 Å². The van der Waals surface area contributed by atoms with Crippen molar-refractivity contribution in [2.75, 3.05) is 42.8 Å². The van der Waals surface area contributed by atoms with Crippen molar-refractivity contribution >= 4 is 29.3 Å². The Morgan fingerprint density at radius 2 is 2.06 bits per heavy atom. The van der Waals surface area contributed by atoms with Crippen LogP contribution in [0.2, 0.25) is 0 Å². The number of nitrogens with one attached hydrogen (secondary N) is 3. The van der Waals surface area contributed by atoms with Crippen molar-refractivity contribution in [3.05, 3.63) is 34.1 Å². The molecule has 2 aliphatic heterocycles. The summed E-state index contributed by atoms with van der Waals surface area (Å²) in [7, 11) is 3.00. The van der Waals surface area contributed by atoms with Crippen molar-refractivity contribution in [2.24, 2.45) is 5.92 Å². The molecule has 4 rings (SSSR count). The van der Waals surface area contributed by atoms with Crippen LogP contribution in [0.25, 0.3) is 0 Å².